The molecule has 4 heteroatoms. The number of likely N-dealkylation sites (tertiary alicyclic amines) is 1. The van der Waals surface area contributed by atoms with Crippen LogP contribution in [0.2, 0.25) is 0 Å². The minimum Gasteiger partial charge on any atom is -0.444 e. The van der Waals surface area contributed by atoms with E-state index in [4.69, 9.17) is 10.2 Å². The van der Waals surface area contributed by atoms with E-state index >= 15 is 0 Å². The molecule has 1 saturated heterocycles. The first kappa shape index (κ1) is 10.6. The predicted octanol–water partition coefficient (Wildman–Crippen LogP) is 1.50. The topological polar surface area (TPSA) is 55.3 Å². The summed E-state index contributed by atoms with van der Waals surface area (Å²) in [6, 6.07) is 0.365. The molecule has 84 valence electrons. The maximum Gasteiger partial charge on any atom is 0.211 e. The average molecular weight is 209 g/mol. The van der Waals surface area contributed by atoms with E-state index in [1.54, 1.807) is 0 Å². The summed E-state index contributed by atoms with van der Waals surface area (Å²) >= 11 is 0. The molecule has 1 aliphatic rings. The fraction of sp³-hybridized carbons (Fsp3) is 0.727. The number of nitrogens with zero attached hydrogens (tertiary/aromatic N) is 2. The molecule has 2 N–H and O–H groups in total. The van der Waals surface area contributed by atoms with E-state index in [0.29, 0.717) is 12.6 Å². The Morgan fingerprint density at radius 2 is 2.53 bits per heavy atom. The molecule has 0 spiro atoms. The summed E-state index contributed by atoms with van der Waals surface area (Å²) in [6.07, 6.45) is 4.19. The van der Waals surface area contributed by atoms with Gasteiger partial charge in [-0.3, -0.25) is 4.90 Å². The molecule has 15 heavy (non-hydrogen) atoms. The minimum atomic E-state index is 0.262. The van der Waals surface area contributed by atoms with Crippen molar-refractivity contribution < 1.29 is 4.42 Å². The molecule has 0 amide bonds. The van der Waals surface area contributed by atoms with Crippen LogP contribution in [0.25, 0.3) is 0 Å². The lowest BCUT2D eigenvalue weighted by Gasteiger charge is -2.15. The molecule has 0 saturated carbocycles. The smallest absolute Gasteiger partial charge is 0.211 e. The highest BCUT2D eigenvalue weighted by atomic mass is 16.4. The SMILES string of the molecule is CC(CN)c1cnc(C2CCCN2C)o1. The highest BCUT2D eigenvalue weighted by molar-refractivity contribution is 5.04. The summed E-state index contributed by atoms with van der Waals surface area (Å²) in [6.45, 7) is 3.80. The van der Waals surface area contributed by atoms with Crippen LogP contribution in [0.3, 0.4) is 0 Å². The molecule has 0 aromatic carbocycles. The molecular weight excluding hydrogens is 190 g/mol. The van der Waals surface area contributed by atoms with Crippen molar-refractivity contribution in [3.63, 3.8) is 0 Å². The summed E-state index contributed by atoms with van der Waals surface area (Å²) in [5.74, 6) is 2.02. The lowest BCUT2D eigenvalue weighted by atomic mass is 10.1. The van der Waals surface area contributed by atoms with Crippen molar-refractivity contribution in [3.05, 3.63) is 17.8 Å². The quantitative estimate of drug-likeness (QED) is 0.819. The lowest BCUT2D eigenvalue weighted by molar-refractivity contribution is 0.261. The van der Waals surface area contributed by atoms with Crippen molar-refractivity contribution in [2.24, 2.45) is 5.73 Å². The zero-order valence-corrected chi connectivity index (χ0v) is 9.44. The van der Waals surface area contributed by atoms with E-state index in [-0.39, 0.29) is 5.92 Å². The molecule has 2 unspecified atom stereocenters. The average Bonchev–Trinajstić information content (AvgIpc) is 2.84. The van der Waals surface area contributed by atoms with Crippen LogP contribution >= 0.6 is 0 Å². The molecule has 2 rings (SSSR count). The van der Waals surface area contributed by atoms with Gasteiger partial charge in [0.1, 0.15) is 5.76 Å². The van der Waals surface area contributed by atoms with Gasteiger partial charge in [-0.2, -0.15) is 0 Å². The summed E-state index contributed by atoms with van der Waals surface area (Å²) in [7, 11) is 2.12. The van der Waals surface area contributed by atoms with E-state index < -0.39 is 0 Å². The van der Waals surface area contributed by atoms with Gasteiger partial charge >= 0.3 is 0 Å². The van der Waals surface area contributed by atoms with Crippen molar-refractivity contribution >= 4 is 0 Å². The first-order valence-corrected chi connectivity index (χ1v) is 5.58. The summed E-state index contributed by atoms with van der Waals surface area (Å²) in [5.41, 5.74) is 5.60. The monoisotopic (exact) mass is 209 g/mol. The van der Waals surface area contributed by atoms with Gasteiger partial charge in [-0.05, 0) is 26.4 Å². The second-order valence-corrected chi connectivity index (χ2v) is 4.38. The minimum absolute atomic E-state index is 0.262. The largest absolute Gasteiger partial charge is 0.444 e. The fourth-order valence-electron chi connectivity index (χ4n) is 2.02. The van der Waals surface area contributed by atoms with Gasteiger partial charge < -0.3 is 10.2 Å². The molecule has 2 heterocycles. The van der Waals surface area contributed by atoms with Gasteiger partial charge in [0.25, 0.3) is 0 Å². The first-order chi connectivity index (χ1) is 7.22. The van der Waals surface area contributed by atoms with Crippen LogP contribution < -0.4 is 5.73 Å². The van der Waals surface area contributed by atoms with E-state index in [2.05, 4.69) is 23.9 Å². The first-order valence-electron chi connectivity index (χ1n) is 5.58. The molecular formula is C11H19N3O. The summed E-state index contributed by atoms with van der Waals surface area (Å²) in [5, 5.41) is 0. The van der Waals surface area contributed by atoms with Crippen LogP contribution in [-0.2, 0) is 0 Å². The highest BCUT2D eigenvalue weighted by Gasteiger charge is 2.27. The van der Waals surface area contributed by atoms with Crippen molar-refractivity contribution in [2.75, 3.05) is 20.1 Å². The third-order valence-electron chi connectivity index (χ3n) is 3.19. The molecule has 1 aromatic heterocycles. The molecule has 4 nitrogen and oxygen atoms in total. The Hall–Kier alpha value is -0.870. The maximum absolute atomic E-state index is 5.76. The predicted molar refractivity (Wildman–Crippen MR) is 58.6 cm³/mol. The Kier molecular flexibility index (Phi) is 3.07. The highest BCUT2D eigenvalue weighted by Crippen LogP contribution is 2.30. The van der Waals surface area contributed by atoms with Gasteiger partial charge in [-0.15, -0.1) is 0 Å². The van der Waals surface area contributed by atoms with E-state index in [1.165, 1.54) is 6.42 Å². The standard InChI is InChI=1S/C11H19N3O/c1-8(6-12)10-7-13-11(15-10)9-4-3-5-14(9)2/h7-9H,3-6,12H2,1-2H3. The Labute approximate surface area is 90.5 Å². The third kappa shape index (κ3) is 2.06. The van der Waals surface area contributed by atoms with Gasteiger partial charge in [0.2, 0.25) is 5.89 Å². The second-order valence-electron chi connectivity index (χ2n) is 4.38. The van der Waals surface area contributed by atoms with Gasteiger partial charge in [0, 0.05) is 12.5 Å². The maximum atomic E-state index is 5.76. The number of nitrogens with two attached hydrogens (primary N) is 1. The Bertz CT molecular complexity index is 323. The lowest BCUT2D eigenvalue weighted by Crippen LogP contribution is -2.17. The van der Waals surface area contributed by atoms with E-state index in [0.717, 1.165) is 24.6 Å². The number of aromatic nitrogens is 1. The molecule has 0 bridgehead atoms. The molecule has 1 aromatic rings. The fourth-order valence-corrected chi connectivity index (χ4v) is 2.02. The van der Waals surface area contributed by atoms with Crippen molar-refractivity contribution in [2.45, 2.75) is 31.7 Å². The molecule has 1 fully saturated rings. The Balaban J connectivity index is 2.12. The Morgan fingerprint density at radius 3 is 3.13 bits per heavy atom. The zero-order valence-electron chi connectivity index (χ0n) is 9.44. The van der Waals surface area contributed by atoms with Crippen molar-refractivity contribution in [1.29, 1.82) is 0 Å². The van der Waals surface area contributed by atoms with Gasteiger partial charge in [0.05, 0.1) is 12.2 Å². The van der Waals surface area contributed by atoms with Gasteiger partial charge in [0.15, 0.2) is 0 Å². The zero-order chi connectivity index (χ0) is 10.8. The van der Waals surface area contributed by atoms with E-state index in [1.807, 2.05) is 6.20 Å². The number of rotatable bonds is 3. The van der Waals surface area contributed by atoms with Crippen molar-refractivity contribution in [1.82, 2.24) is 9.88 Å². The Morgan fingerprint density at radius 1 is 1.73 bits per heavy atom. The molecule has 0 aliphatic carbocycles. The molecule has 2 atom stereocenters. The number of hydrogen-bond acceptors (Lipinski definition) is 4. The summed E-state index contributed by atoms with van der Waals surface area (Å²) in [4.78, 5) is 6.65. The van der Waals surface area contributed by atoms with Gasteiger partial charge in [-0.1, -0.05) is 6.92 Å². The van der Waals surface area contributed by atoms with Crippen LogP contribution in [0.1, 0.15) is 43.4 Å². The normalized spacial score (nSPS) is 24.6. The van der Waals surface area contributed by atoms with Crippen LogP contribution in [0.5, 0.6) is 0 Å². The number of hydrogen-bond donors (Lipinski definition) is 1. The van der Waals surface area contributed by atoms with Gasteiger partial charge in [-0.25, -0.2) is 4.98 Å². The second kappa shape index (κ2) is 4.33. The van der Waals surface area contributed by atoms with Crippen LogP contribution in [0, 0.1) is 0 Å². The van der Waals surface area contributed by atoms with Crippen LogP contribution in [0.4, 0.5) is 0 Å². The third-order valence-corrected chi connectivity index (χ3v) is 3.19. The van der Waals surface area contributed by atoms with Crippen molar-refractivity contribution in [3.8, 4) is 0 Å². The van der Waals surface area contributed by atoms with E-state index in [9.17, 15) is 0 Å². The summed E-state index contributed by atoms with van der Waals surface area (Å²) < 4.78 is 5.76. The molecule has 1 aliphatic heterocycles. The van der Waals surface area contributed by atoms with Crippen LogP contribution in [0.15, 0.2) is 10.6 Å². The van der Waals surface area contributed by atoms with Crippen LogP contribution in [-0.4, -0.2) is 30.0 Å². The molecule has 0 radical (unpaired) electrons. The number of oxazole rings is 1.